The molecule has 4 rings (SSSR count). The molecule has 2 fully saturated rings. The van der Waals surface area contributed by atoms with E-state index in [1.54, 1.807) is 24.3 Å². The van der Waals surface area contributed by atoms with Crippen molar-refractivity contribution < 1.29 is 68.5 Å². The fraction of sp³-hybridized carbons (Fsp3) is 0.586. The van der Waals surface area contributed by atoms with Gasteiger partial charge in [0, 0.05) is 18.9 Å². The quantitative estimate of drug-likeness (QED) is 0.195. The molecule has 0 bridgehead atoms. The number of hydrogen-bond acceptors (Lipinski definition) is 14. The monoisotopic (exact) mass is 612 g/mol. The van der Waals surface area contributed by atoms with Crippen LogP contribution >= 0.6 is 0 Å². The summed E-state index contributed by atoms with van der Waals surface area (Å²) in [6.45, 7) is -0.537. The van der Waals surface area contributed by atoms with E-state index in [2.05, 4.69) is 0 Å². The lowest BCUT2D eigenvalue weighted by Gasteiger charge is -2.40. The molecule has 2 saturated heterocycles. The minimum Gasteiger partial charge on any atom is -0.502 e. The second-order valence-corrected chi connectivity index (χ2v) is 10.3. The summed E-state index contributed by atoms with van der Waals surface area (Å²) >= 11 is 0. The second kappa shape index (κ2) is 14.1. The van der Waals surface area contributed by atoms with Crippen LogP contribution in [0.4, 0.5) is 0 Å². The van der Waals surface area contributed by atoms with Crippen LogP contribution in [0.25, 0.3) is 0 Å². The first-order valence-corrected chi connectivity index (χ1v) is 13.6. The lowest BCUT2D eigenvalue weighted by molar-refractivity contribution is -0.304. The van der Waals surface area contributed by atoms with Gasteiger partial charge >= 0.3 is 0 Å². The summed E-state index contributed by atoms with van der Waals surface area (Å²) in [7, 11) is 7.16. The summed E-state index contributed by atoms with van der Waals surface area (Å²) in [5.74, 6) is -0.613. The van der Waals surface area contributed by atoms with Crippen molar-refractivity contribution in [1.82, 2.24) is 0 Å². The normalized spacial score (nSPS) is 29.7. The van der Waals surface area contributed by atoms with Gasteiger partial charge in [-0.1, -0.05) is 0 Å². The summed E-state index contributed by atoms with van der Waals surface area (Å²) in [5, 5.41) is 61.6. The van der Waals surface area contributed by atoms with Crippen molar-refractivity contribution in [2.45, 2.75) is 42.9 Å². The number of aliphatic hydroxyl groups is 4. The fourth-order valence-electron chi connectivity index (χ4n) is 5.68. The highest BCUT2D eigenvalue weighted by Gasteiger charge is 2.47. The maximum atomic E-state index is 10.6. The Morgan fingerprint density at radius 2 is 1.33 bits per heavy atom. The molecule has 6 N–H and O–H groups in total. The van der Waals surface area contributed by atoms with Gasteiger partial charge in [0.15, 0.2) is 29.3 Å². The number of aliphatic hydroxyl groups excluding tert-OH is 4. The van der Waals surface area contributed by atoms with Crippen molar-refractivity contribution in [3.05, 3.63) is 35.4 Å². The number of aromatic hydroxyl groups is 2. The second-order valence-electron chi connectivity index (χ2n) is 10.3. The van der Waals surface area contributed by atoms with Crippen LogP contribution < -0.4 is 18.9 Å². The SMILES string of the molecule is COc1cc([C@@H](OC)[C@H]2CO[C@H](c3cc(OC)c(O)c(OC)c3)[C@H]2CO[C@@H]2O[C@H](CO)[C@@H](O)[C@H](O)[C@H]2O)cc(OC)c1O. The summed E-state index contributed by atoms with van der Waals surface area (Å²) in [6, 6.07) is 6.48. The highest BCUT2D eigenvalue weighted by molar-refractivity contribution is 5.54. The van der Waals surface area contributed by atoms with Gasteiger partial charge in [0.25, 0.3) is 0 Å². The van der Waals surface area contributed by atoms with E-state index in [0.29, 0.717) is 11.1 Å². The molecule has 43 heavy (non-hydrogen) atoms. The summed E-state index contributed by atoms with van der Waals surface area (Å²) < 4.78 is 45.2. The third-order valence-corrected chi connectivity index (χ3v) is 8.01. The van der Waals surface area contributed by atoms with Crippen molar-refractivity contribution in [2.75, 3.05) is 55.4 Å². The number of methoxy groups -OCH3 is 5. The average molecular weight is 613 g/mol. The molecule has 2 aliphatic rings. The van der Waals surface area contributed by atoms with Crippen LogP contribution in [-0.4, -0.2) is 117 Å². The Bertz CT molecular complexity index is 1170. The first kappa shape index (κ1) is 32.8. The Morgan fingerprint density at radius 1 is 0.791 bits per heavy atom. The Hall–Kier alpha value is -3.08. The lowest BCUT2D eigenvalue weighted by atomic mass is 9.82. The van der Waals surface area contributed by atoms with Crippen molar-refractivity contribution >= 4 is 0 Å². The van der Waals surface area contributed by atoms with Gasteiger partial charge in [0.05, 0.1) is 60.5 Å². The van der Waals surface area contributed by atoms with E-state index in [1.807, 2.05) is 0 Å². The molecule has 0 radical (unpaired) electrons. The molecule has 14 heteroatoms. The molecule has 0 saturated carbocycles. The maximum absolute atomic E-state index is 10.6. The number of hydrogen-bond donors (Lipinski definition) is 6. The Kier molecular flexibility index (Phi) is 10.8. The summed E-state index contributed by atoms with van der Waals surface area (Å²) in [4.78, 5) is 0. The molecule has 2 aromatic rings. The molecule has 0 aromatic heterocycles. The summed E-state index contributed by atoms with van der Waals surface area (Å²) in [5.41, 5.74) is 1.20. The largest absolute Gasteiger partial charge is 0.502 e. The molecule has 2 aromatic carbocycles. The van der Waals surface area contributed by atoms with E-state index >= 15 is 0 Å². The van der Waals surface area contributed by atoms with Gasteiger partial charge in [-0.25, -0.2) is 0 Å². The Morgan fingerprint density at radius 3 is 1.81 bits per heavy atom. The predicted molar refractivity (Wildman–Crippen MR) is 148 cm³/mol. The molecule has 14 nitrogen and oxygen atoms in total. The van der Waals surface area contributed by atoms with Gasteiger partial charge < -0.3 is 68.5 Å². The van der Waals surface area contributed by atoms with Crippen LogP contribution in [-0.2, 0) is 18.9 Å². The number of rotatable bonds is 12. The van der Waals surface area contributed by atoms with E-state index in [9.17, 15) is 30.6 Å². The molecule has 240 valence electrons. The van der Waals surface area contributed by atoms with Crippen LogP contribution in [0.1, 0.15) is 23.3 Å². The van der Waals surface area contributed by atoms with Crippen LogP contribution in [0.3, 0.4) is 0 Å². The highest BCUT2D eigenvalue weighted by atomic mass is 16.7. The number of phenols is 2. The van der Waals surface area contributed by atoms with Crippen molar-refractivity contribution in [1.29, 1.82) is 0 Å². The molecule has 0 unspecified atom stereocenters. The fourth-order valence-corrected chi connectivity index (χ4v) is 5.68. The lowest BCUT2D eigenvalue weighted by Crippen LogP contribution is -2.59. The standard InChI is InChI=1S/C29H40O14/c1-36-17-6-13(7-18(37-2)22(17)31)27(40-5)15-11-41-28(14-8-19(38-3)23(32)20(9-14)39-4)16(15)12-42-29-26(35)25(34)24(33)21(10-30)43-29/h6-9,15-16,21,24-35H,10-12H2,1-5H3/t15-,16-,21+,24+,25-,26+,27+,28+,29+/m0/s1. The molecule has 2 aliphatic heterocycles. The minimum absolute atomic E-state index is 0.101. The zero-order valence-corrected chi connectivity index (χ0v) is 24.6. The van der Waals surface area contributed by atoms with Gasteiger partial charge in [0.2, 0.25) is 11.5 Å². The van der Waals surface area contributed by atoms with Crippen molar-refractivity contribution in [3.8, 4) is 34.5 Å². The topological polar surface area (TPSA) is 195 Å². The summed E-state index contributed by atoms with van der Waals surface area (Å²) in [6.07, 6.45) is -8.59. The van der Waals surface area contributed by atoms with Crippen LogP contribution in [0.5, 0.6) is 34.5 Å². The van der Waals surface area contributed by atoms with Gasteiger partial charge in [-0.05, 0) is 35.4 Å². The number of benzene rings is 2. The number of phenolic OH excluding ortho intramolecular Hbond substituents is 2. The van der Waals surface area contributed by atoms with E-state index in [1.165, 1.54) is 35.5 Å². The first-order valence-electron chi connectivity index (χ1n) is 13.6. The Labute approximate surface area is 248 Å². The highest BCUT2D eigenvalue weighted by Crippen LogP contribution is 2.50. The zero-order valence-electron chi connectivity index (χ0n) is 24.6. The third kappa shape index (κ3) is 6.42. The molecular formula is C29H40O14. The van der Waals surface area contributed by atoms with Crippen LogP contribution in [0.2, 0.25) is 0 Å². The van der Waals surface area contributed by atoms with Crippen molar-refractivity contribution in [3.63, 3.8) is 0 Å². The van der Waals surface area contributed by atoms with Crippen LogP contribution in [0.15, 0.2) is 24.3 Å². The van der Waals surface area contributed by atoms with E-state index in [0.717, 1.165) is 0 Å². The molecule has 0 amide bonds. The van der Waals surface area contributed by atoms with Crippen LogP contribution in [0, 0.1) is 11.8 Å². The Balaban J connectivity index is 1.72. The van der Waals surface area contributed by atoms with E-state index < -0.39 is 61.4 Å². The van der Waals surface area contributed by atoms with Gasteiger partial charge in [-0.2, -0.15) is 0 Å². The van der Waals surface area contributed by atoms with Gasteiger partial charge in [-0.3, -0.25) is 0 Å². The third-order valence-electron chi connectivity index (χ3n) is 8.01. The van der Waals surface area contributed by atoms with Crippen molar-refractivity contribution in [2.24, 2.45) is 11.8 Å². The predicted octanol–water partition coefficient (Wildman–Crippen LogP) is 0.640. The van der Waals surface area contributed by atoms with E-state index in [-0.39, 0.29) is 47.7 Å². The molecule has 0 aliphatic carbocycles. The zero-order chi connectivity index (χ0) is 31.4. The molecule has 0 spiro atoms. The minimum atomic E-state index is -1.61. The maximum Gasteiger partial charge on any atom is 0.200 e. The van der Waals surface area contributed by atoms with Gasteiger partial charge in [-0.15, -0.1) is 0 Å². The van der Waals surface area contributed by atoms with E-state index in [4.69, 9.17) is 37.9 Å². The molecule has 2 heterocycles. The average Bonchev–Trinajstić information content (AvgIpc) is 3.43. The smallest absolute Gasteiger partial charge is 0.200 e. The first-order chi connectivity index (χ1) is 20.6. The molecule has 9 atom stereocenters. The number of ether oxygens (including phenoxy) is 8. The molecular weight excluding hydrogens is 572 g/mol. The van der Waals surface area contributed by atoms with Gasteiger partial charge in [0.1, 0.15) is 24.4 Å².